The fourth-order valence-electron chi connectivity index (χ4n) is 2.30. The molecule has 0 unspecified atom stereocenters. The molecular weight excluding hydrogens is 354 g/mol. The van der Waals surface area contributed by atoms with Gasteiger partial charge in [0.25, 0.3) is 5.91 Å². The third-order valence-corrected chi connectivity index (χ3v) is 3.91. The Bertz CT molecular complexity index is 893. The summed E-state index contributed by atoms with van der Waals surface area (Å²) in [5.41, 5.74) is 1.85. The Kier molecular flexibility index (Phi) is 5.53. The van der Waals surface area contributed by atoms with Crippen molar-refractivity contribution in [1.82, 2.24) is 15.5 Å². The Balaban J connectivity index is 1.55. The predicted molar refractivity (Wildman–Crippen MR) is 97.9 cm³/mol. The molecule has 0 spiro atoms. The molecule has 0 aliphatic carbocycles. The molecule has 0 aliphatic rings. The number of amides is 1. The Hall–Kier alpha value is -2.86. The zero-order valence-electron chi connectivity index (χ0n) is 14.4. The van der Waals surface area contributed by atoms with Gasteiger partial charge < -0.3 is 14.6 Å². The molecule has 134 valence electrons. The maximum Gasteiger partial charge on any atom is 0.261 e. The van der Waals surface area contributed by atoms with Crippen LogP contribution >= 0.6 is 11.6 Å². The molecule has 3 rings (SSSR count). The molecule has 0 radical (unpaired) electrons. The van der Waals surface area contributed by atoms with Crippen molar-refractivity contribution in [3.63, 3.8) is 0 Å². The summed E-state index contributed by atoms with van der Waals surface area (Å²) in [6, 6.07) is 14.6. The third kappa shape index (κ3) is 4.61. The van der Waals surface area contributed by atoms with Gasteiger partial charge in [-0.25, -0.2) is 0 Å². The molecule has 0 saturated heterocycles. The van der Waals surface area contributed by atoms with Gasteiger partial charge in [-0.15, -0.1) is 0 Å². The summed E-state index contributed by atoms with van der Waals surface area (Å²) in [6.07, 6.45) is -0.643. The molecule has 0 saturated carbocycles. The van der Waals surface area contributed by atoms with Crippen molar-refractivity contribution in [3.8, 4) is 17.1 Å². The van der Waals surface area contributed by atoms with Gasteiger partial charge in [-0.2, -0.15) is 4.98 Å². The van der Waals surface area contributed by atoms with E-state index in [1.54, 1.807) is 31.2 Å². The first-order valence-electron chi connectivity index (χ1n) is 8.11. The number of nitrogens with one attached hydrogen (secondary N) is 1. The van der Waals surface area contributed by atoms with Crippen molar-refractivity contribution in [2.45, 2.75) is 26.5 Å². The summed E-state index contributed by atoms with van der Waals surface area (Å²) < 4.78 is 10.8. The minimum Gasteiger partial charge on any atom is -0.481 e. The Labute approximate surface area is 156 Å². The number of carbonyl (C=O) groups is 1. The average molecular weight is 372 g/mol. The lowest BCUT2D eigenvalue weighted by Gasteiger charge is -2.14. The fourth-order valence-corrected chi connectivity index (χ4v) is 2.42. The van der Waals surface area contributed by atoms with Crippen LogP contribution in [0.1, 0.15) is 18.4 Å². The molecule has 0 bridgehead atoms. The minimum absolute atomic E-state index is 0.126. The Morgan fingerprint density at radius 2 is 2.04 bits per heavy atom. The van der Waals surface area contributed by atoms with E-state index >= 15 is 0 Å². The van der Waals surface area contributed by atoms with Gasteiger partial charge in [-0.3, -0.25) is 4.79 Å². The fraction of sp³-hybridized carbons (Fsp3) is 0.211. The second-order valence-corrected chi connectivity index (χ2v) is 6.25. The summed E-state index contributed by atoms with van der Waals surface area (Å²) in [6.45, 7) is 3.77. The zero-order valence-corrected chi connectivity index (χ0v) is 15.2. The highest BCUT2D eigenvalue weighted by molar-refractivity contribution is 6.30. The first-order chi connectivity index (χ1) is 12.5. The number of hydrogen-bond donors (Lipinski definition) is 1. The van der Waals surface area contributed by atoms with Crippen LogP contribution in [0.5, 0.6) is 5.75 Å². The highest BCUT2D eigenvalue weighted by Crippen LogP contribution is 2.18. The first-order valence-corrected chi connectivity index (χ1v) is 8.48. The number of ether oxygens (including phenoxy) is 1. The van der Waals surface area contributed by atoms with Crippen molar-refractivity contribution in [2.75, 3.05) is 0 Å². The monoisotopic (exact) mass is 371 g/mol. The number of rotatable bonds is 6. The van der Waals surface area contributed by atoms with E-state index in [0.717, 1.165) is 11.1 Å². The second kappa shape index (κ2) is 8.01. The van der Waals surface area contributed by atoms with E-state index in [4.69, 9.17) is 20.9 Å². The topological polar surface area (TPSA) is 77.2 Å². The highest BCUT2D eigenvalue weighted by atomic mass is 35.5. The summed E-state index contributed by atoms with van der Waals surface area (Å²) in [5, 5.41) is 7.26. The molecule has 6 nitrogen and oxygen atoms in total. The van der Waals surface area contributed by atoms with Crippen LogP contribution in [0.4, 0.5) is 0 Å². The molecule has 7 heteroatoms. The maximum absolute atomic E-state index is 12.2. The van der Waals surface area contributed by atoms with Crippen LogP contribution in [0.2, 0.25) is 5.02 Å². The van der Waals surface area contributed by atoms with E-state index in [0.29, 0.717) is 22.5 Å². The van der Waals surface area contributed by atoms with E-state index in [-0.39, 0.29) is 12.5 Å². The summed E-state index contributed by atoms with van der Waals surface area (Å²) in [7, 11) is 0. The Morgan fingerprint density at radius 1 is 1.27 bits per heavy atom. The SMILES string of the molecule is Cc1cccc(O[C@H](C)C(=O)NCc2nc(-c3ccc(Cl)cc3)no2)c1. The van der Waals surface area contributed by atoms with E-state index in [9.17, 15) is 4.79 Å². The van der Waals surface area contributed by atoms with Crippen LogP contribution in [0, 0.1) is 6.92 Å². The number of nitrogens with zero attached hydrogens (tertiary/aromatic N) is 2. The molecular formula is C19H18ClN3O3. The standard InChI is InChI=1S/C19H18ClN3O3/c1-12-4-3-5-16(10-12)25-13(2)19(24)21-11-17-22-18(23-26-17)14-6-8-15(20)9-7-14/h3-10,13H,11H2,1-2H3,(H,21,24)/t13-/m1/s1. The van der Waals surface area contributed by atoms with Gasteiger partial charge in [-0.1, -0.05) is 28.9 Å². The van der Waals surface area contributed by atoms with Crippen LogP contribution in [-0.4, -0.2) is 22.2 Å². The van der Waals surface area contributed by atoms with Gasteiger partial charge in [0.15, 0.2) is 6.10 Å². The molecule has 1 amide bonds. The maximum atomic E-state index is 12.2. The summed E-state index contributed by atoms with van der Waals surface area (Å²) in [4.78, 5) is 16.4. The van der Waals surface area contributed by atoms with Crippen LogP contribution in [0.3, 0.4) is 0 Å². The molecule has 26 heavy (non-hydrogen) atoms. The van der Waals surface area contributed by atoms with Crippen LogP contribution in [-0.2, 0) is 11.3 Å². The number of aryl methyl sites for hydroxylation is 1. The van der Waals surface area contributed by atoms with Gasteiger partial charge in [0.1, 0.15) is 5.75 Å². The molecule has 2 aromatic carbocycles. The van der Waals surface area contributed by atoms with Crippen molar-refractivity contribution in [2.24, 2.45) is 0 Å². The minimum atomic E-state index is -0.643. The normalized spacial score (nSPS) is 11.8. The molecule has 1 aromatic heterocycles. The number of hydrogen-bond acceptors (Lipinski definition) is 5. The van der Waals surface area contributed by atoms with Gasteiger partial charge >= 0.3 is 0 Å². The van der Waals surface area contributed by atoms with Crippen molar-refractivity contribution < 1.29 is 14.1 Å². The van der Waals surface area contributed by atoms with Gasteiger partial charge in [-0.05, 0) is 55.8 Å². The third-order valence-electron chi connectivity index (χ3n) is 3.66. The second-order valence-electron chi connectivity index (χ2n) is 5.81. The first kappa shape index (κ1) is 17.9. The number of aromatic nitrogens is 2. The van der Waals surface area contributed by atoms with Crippen LogP contribution in [0.15, 0.2) is 53.1 Å². The molecule has 0 fully saturated rings. The van der Waals surface area contributed by atoms with Crippen LogP contribution < -0.4 is 10.1 Å². The van der Waals surface area contributed by atoms with Gasteiger partial charge in [0, 0.05) is 10.6 Å². The van der Waals surface area contributed by atoms with E-state index in [1.807, 2.05) is 31.2 Å². The number of carbonyl (C=O) groups excluding carboxylic acids is 1. The van der Waals surface area contributed by atoms with Crippen LogP contribution in [0.25, 0.3) is 11.4 Å². The van der Waals surface area contributed by atoms with Crippen molar-refractivity contribution in [3.05, 3.63) is 65.0 Å². The highest BCUT2D eigenvalue weighted by Gasteiger charge is 2.16. The number of benzene rings is 2. The molecule has 3 aromatic rings. The summed E-state index contributed by atoms with van der Waals surface area (Å²) in [5.74, 6) is 1.13. The van der Waals surface area contributed by atoms with E-state index < -0.39 is 6.10 Å². The molecule has 1 N–H and O–H groups in total. The van der Waals surface area contributed by atoms with E-state index in [2.05, 4.69) is 15.5 Å². The molecule has 1 atom stereocenters. The largest absolute Gasteiger partial charge is 0.481 e. The van der Waals surface area contributed by atoms with Gasteiger partial charge in [0.05, 0.1) is 6.54 Å². The lowest BCUT2D eigenvalue weighted by atomic mass is 10.2. The smallest absolute Gasteiger partial charge is 0.261 e. The lowest BCUT2D eigenvalue weighted by molar-refractivity contribution is -0.127. The van der Waals surface area contributed by atoms with Crippen molar-refractivity contribution >= 4 is 17.5 Å². The summed E-state index contributed by atoms with van der Waals surface area (Å²) >= 11 is 5.86. The van der Waals surface area contributed by atoms with Gasteiger partial charge in [0.2, 0.25) is 11.7 Å². The number of halogens is 1. The molecule has 1 heterocycles. The van der Waals surface area contributed by atoms with Crippen molar-refractivity contribution in [1.29, 1.82) is 0 Å². The molecule has 0 aliphatic heterocycles. The predicted octanol–water partition coefficient (Wildman–Crippen LogP) is 3.78. The van der Waals surface area contributed by atoms with E-state index in [1.165, 1.54) is 0 Å². The lowest BCUT2D eigenvalue weighted by Crippen LogP contribution is -2.36. The zero-order chi connectivity index (χ0) is 18.5. The Morgan fingerprint density at radius 3 is 2.77 bits per heavy atom. The average Bonchev–Trinajstić information content (AvgIpc) is 3.09. The quantitative estimate of drug-likeness (QED) is 0.713.